The van der Waals surface area contributed by atoms with Gasteiger partial charge in [-0.25, -0.2) is 13.2 Å². The van der Waals surface area contributed by atoms with Crippen LogP contribution in [0.5, 0.6) is 5.75 Å². The maximum atomic E-state index is 16.6. The van der Waals surface area contributed by atoms with Gasteiger partial charge in [-0.1, -0.05) is 35.9 Å². The maximum absolute atomic E-state index is 16.6. The molecule has 1 aliphatic heterocycles. The van der Waals surface area contributed by atoms with Crippen molar-refractivity contribution in [2.24, 2.45) is 17.6 Å². The Morgan fingerprint density at radius 1 is 0.878 bits per heavy atom. The van der Waals surface area contributed by atoms with Gasteiger partial charge in [-0.05, 0) is 102 Å². The number of hydrogen-bond donors (Lipinski definition) is 1. The lowest BCUT2D eigenvalue weighted by Crippen LogP contribution is -2.61. The smallest absolute Gasteiger partial charge is 0.490 e. The van der Waals surface area contributed by atoms with Crippen LogP contribution in [0.2, 0.25) is 5.02 Å². The van der Waals surface area contributed by atoms with E-state index in [9.17, 15) is 31.2 Å². The van der Waals surface area contributed by atoms with Gasteiger partial charge in [-0.2, -0.15) is 22.0 Å². The molecule has 0 radical (unpaired) electrons. The van der Waals surface area contributed by atoms with Crippen LogP contribution >= 0.6 is 11.6 Å². The van der Waals surface area contributed by atoms with E-state index in [1.807, 2.05) is 0 Å². The number of nitrogens with two attached hydrogens (primary N) is 1. The molecule has 49 heavy (non-hydrogen) atoms. The Labute approximate surface area is 284 Å². The summed E-state index contributed by atoms with van der Waals surface area (Å²) >= 11 is 5.87. The number of likely N-dealkylation sites (tertiary alicyclic amines) is 1. The first-order chi connectivity index (χ1) is 23.1. The van der Waals surface area contributed by atoms with Crippen LogP contribution in [0.4, 0.5) is 22.0 Å². The highest BCUT2D eigenvalue weighted by molar-refractivity contribution is 7.89. The molecular formula is C33H33ClF5N3O6S. The lowest BCUT2D eigenvalue weighted by Gasteiger charge is -2.41. The molecule has 2 N–H and O–H groups in total. The Bertz CT molecular complexity index is 1820. The van der Waals surface area contributed by atoms with Crippen molar-refractivity contribution in [3.05, 3.63) is 71.2 Å². The molecule has 2 aliphatic carbocycles. The van der Waals surface area contributed by atoms with E-state index in [-0.39, 0.29) is 47.5 Å². The molecule has 2 saturated carbocycles. The fourth-order valence-electron chi connectivity index (χ4n) is 6.94. The van der Waals surface area contributed by atoms with Crippen molar-refractivity contribution in [2.45, 2.75) is 73.7 Å². The molecule has 6 rings (SSSR count). The second-order valence-corrected chi connectivity index (χ2v) is 15.0. The summed E-state index contributed by atoms with van der Waals surface area (Å²) in [5, 5.41) is 0.758. The van der Waals surface area contributed by atoms with E-state index in [0.717, 1.165) is 67.0 Å². The van der Waals surface area contributed by atoms with Crippen molar-refractivity contribution in [1.29, 1.82) is 0 Å². The minimum absolute atomic E-state index is 0.0185. The Morgan fingerprint density at radius 3 is 2.08 bits per heavy atom. The van der Waals surface area contributed by atoms with Gasteiger partial charge >= 0.3 is 18.1 Å². The van der Waals surface area contributed by atoms with Crippen molar-refractivity contribution in [2.75, 3.05) is 13.1 Å². The van der Waals surface area contributed by atoms with Gasteiger partial charge in [-0.15, -0.1) is 0 Å². The van der Waals surface area contributed by atoms with Gasteiger partial charge in [0.05, 0.1) is 11.0 Å². The molecule has 3 fully saturated rings. The minimum atomic E-state index is -5.81. The Hall–Kier alpha value is -3.53. The van der Waals surface area contributed by atoms with Gasteiger partial charge < -0.3 is 20.2 Å². The number of nitrogens with zero attached hydrogens (tertiary/aromatic N) is 2. The minimum Gasteiger partial charge on any atom is -0.490 e. The number of amides is 1. The number of hydroxylamine groups is 1. The number of hydrogen-bond acceptors (Lipinski definition) is 7. The molecule has 264 valence electrons. The summed E-state index contributed by atoms with van der Waals surface area (Å²) in [6.07, 6.45) is -0.817. The van der Waals surface area contributed by atoms with Crippen LogP contribution in [0.3, 0.4) is 0 Å². The van der Waals surface area contributed by atoms with E-state index >= 15 is 8.78 Å². The Kier molecular flexibility index (Phi) is 9.59. The number of ether oxygens (including phenoxy) is 1. The zero-order valence-electron chi connectivity index (χ0n) is 25.9. The molecule has 0 unspecified atom stereocenters. The van der Waals surface area contributed by atoms with Crippen molar-refractivity contribution in [1.82, 2.24) is 9.37 Å². The lowest BCUT2D eigenvalue weighted by atomic mass is 9.91. The predicted molar refractivity (Wildman–Crippen MR) is 168 cm³/mol. The first-order valence-corrected chi connectivity index (χ1v) is 17.6. The molecule has 1 heterocycles. The number of fused-ring (bicyclic) bond motifs is 3. The van der Waals surface area contributed by atoms with Crippen LogP contribution in [0, 0.1) is 11.8 Å². The van der Waals surface area contributed by atoms with Gasteiger partial charge in [0, 0.05) is 29.7 Å². The molecule has 16 heteroatoms. The molecule has 3 aromatic carbocycles. The van der Waals surface area contributed by atoms with E-state index in [2.05, 4.69) is 4.84 Å². The summed E-state index contributed by atoms with van der Waals surface area (Å²) in [5.74, 6) is -9.31. The predicted octanol–water partition coefficient (Wildman–Crippen LogP) is 6.18. The number of carbonyl (C=O) groups is 2. The van der Waals surface area contributed by atoms with Crippen LogP contribution in [-0.4, -0.2) is 67.1 Å². The largest absolute Gasteiger partial charge is 0.492 e. The first kappa shape index (κ1) is 35.3. The van der Waals surface area contributed by atoms with E-state index in [0.29, 0.717) is 24.0 Å². The van der Waals surface area contributed by atoms with E-state index in [1.165, 1.54) is 12.1 Å². The summed E-state index contributed by atoms with van der Waals surface area (Å²) in [6, 6.07) is 8.09. The second-order valence-electron chi connectivity index (χ2n) is 12.8. The molecule has 4 atom stereocenters. The topological polar surface area (TPSA) is 119 Å². The zero-order valence-corrected chi connectivity index (χ0v) is 27.5. The molecular weight excluding hydrogens is 697 g/mol. The fourth-order valence-corrected chi connectivity index (χ4v) is 8.45. The van der Waals surface area contributed by atoms with E-state index in [4.69, 9.17) is 22.1 Å². The highest BCUT2D eigenvalue weighted by Gasteiger charge is 2.59. The summed E-state index contributed by atoms with van der Waals surface area (Å²) in [6.45, 7) is -0.294. The summed E-state index contributed by atoms with van der Waals surface area (Å²) in [5.41, 5.74) is 5.27. The number of halogens is 6. The molecule has 3 aliphatic rings. The van der Waals surface area contributed by atoms with Gasteiger partial charge in [0.15, 0.2) is 0 Å². The molecule has 9 nitrogen and oxygen atoms in total. The van der Waals surface area contributed by atoms with Crippen LogP contribution in [0.15, 0.2) is 65.6 Å². The number of alkyl halides is 5. The third kappa shape index (κ3) is 7.08. The zero-order chi connectivity index (χ0) is 35.3. The highest BCUT2D eigenvalue weighted by Crippen LogP contribution is 2.42. The number of sulfonamides is 1. The van der Waals surface area contributed by atoms with Crippen molar-refractivity contribution >= 4 is 44.3 Å². The van der Waals surface area contributed by atoms with E-state index < -0.39 is 55.0 Å². The quantitative estimate of drug-likeness (QED) is 0.206. The summed E-state index contributed by atoms with van der Waals surface area (Å²) < 4.78 is 108. The van der Waals surface area contributed by atoms with Crippen LogP contribution in [0.25, 0.3) is 10.8 Å². The summed E-state index contributed by atoms with van der Waals surface area (Å²) in [4.78, 5) is 30.9. The Balaban J connectivity index is 1.44. The van der Waals surface area contributed by atoms with Gasteiger partial charge in [0.25, 0.3) is 15.9 Å². The van der Waals surface area contributed by atoms with Crippen molar-refractivity contribution < 1.29 is 49.5 Å². The third-order valence-electron chi connectivity index (χ3n) is 9.56. The molecule has 2 bridgehead atoms. The first-order valence-electron chi connectivity index (χ1n) is 15.8. The highest BCUT2D eigenvalue weighted by atomic mass is 35.5. The number of benzene rings is 3. The van der Waals surface area contributed by atoms with Gasteiger partial charge in [0.2, 0.25) is 6.04 Å². The average Bonchev–Trinajstić information content (AvgIpc) is 3.61. The summed E-state index contributed by atoms with van der Waals surface area (Å²) in [7, 11) is -5.60. The molecule has 1 saturated heterocycles. The molecule has 0 spiro atoms. The SMILES string of the molecule is N[C@@H]1[C@@H]2CC[C@H]1CN(C(=O)[C@H](N(OC(=O)C(F)(F)F)S(=O)(=O)c1ccc3cc(OC4CCCC4)ccc3c1)C(F)(F)c1ccc(Cl)cc1)C2. The molecule has 0 aromatic heterocycles. The van der Waals surface area contributed by atoms with Crippen molar-refractivity contribution in [3.63, 3.8) is 0 Å². The standard InChI is InChI=1S/C33H33ClF5N3O6S/c34-24-11-9-23(10-12-24)32(35,36)29(30(43)41-17-21-5-6-22(18-41)28(21)40)42(48-31(44)33(37,38)39)49(45,46)27-14-8-19-15-26(13-7-20(19)16-27)47-25-3-1-2-4-25/h7-16,21-22,25,28-29H,1-6,17-18,40H2/t21-,22+,28-,29-/m0/s1. The van der Waals surface area contributed by atoms with Crippen molar-refractivity contribution in [3.8, 4) is 5.75 Å². The van der Waals surface area contributed by atoms with Crippen LogP contribution < -0.4 is 10.5 Å². The average molecular weight is 730 g/mol. The van der Waals surface area contributed by atoms with Crippen LogP contribution in [-0.2, 0) is 30.4 Å². The molecule has 1 amide bonds. The fraction of sp³-hybridized carbons (Fsp3) is 0.455. The third-order valence-corrected chi connectivity index (χ3v) is 11.4. The van der Waals surface area contributed by atoms with Gasteiger partial charge in [0.1, 0.15) is 5.75 Å². The Morgan fingerprint density at radius 2 is 1.47 bits per heavy atom. The number of piperidine rings is 1. The number of carbonyl (C=O) groups excluding carboxylic acids is 2. The van der Waals surface area contributed by atoms with Crippen LogP contribution in [0.1, 0.15) is 44.1 Å². The lowest BCUT2D eigenvalue weighted by molar-refractivity contribution is -0.239. The van der Waals surface area contributed by atoms with Gasteiger partial charge in [-0.3, -0.25) is 4.79 Å². The normalized spacial score (nSPS) is 22.4. The second kappa shape index (κ2) is 13.3. The molecule has 3 aromatic rings. The van der Waals surface area contributed by atoms with E-state index in [1.54, 1.807) is 12.1 Å². The monoisotopic (exact) mass is 729 g/mol. The number of rotatable bonds is 9. The maximum Gasteiger partial charge on any atom is 0.492 e.